The normalized spacial score (nSPS) is 11.3. The lowest BCUT2D eigenvalue weighted by Crippen LogP contribution is -2.12. The number of aliphatic carboxylic acids is 2. The number of carboxylic acid groups (broad SMARTS) is 2. The fourth-order valence-corrected chi connectivity index (χ4v) is 1.53. The first-order chi connectivity index (χ1) is 8.49. The van der Waals surface area contributed by atoms with E-state index >= 15 is 0 Å². The lowest BCUT2D eigenvalue weighted by molar-refractivity contribution is -0.142. The minimum atomic E-state index is -0.711. The van der Waals surface area contributed by atoms with Crippen molar-refractivity contribution in [3.05, 3.63) is 0 Å². The van der Waals surface area contributed by atoms with E-state index < -0.39 is 11.9 Å². The molecule has 0 radical (unpaired) electrons. The van der Waals surface area contributed by atoms with E-state index in [0.717, 1.165) is 25.7 Å². The van der Waals surface area contributed by atoms with Gasteiger partial charge in [0.25, 0.3) is 0 Å². The summed E-state index contributed by atoms with van der Waals surface area (Å²) in [6.45, 7) is 5.95. The molecular weight excluding hydrogens is 232 g/mol. The van der Waals surface area contributed by atoms with E-state index in [9.17, 15) is 9.59 Å². The Morgan fingerprint density at radius 3 is 1.83 bits per heavy atom. The molecule has 0 aromatic rings. The van der Waals surface area contributed by atoms with E-state index in [1.807, 2.05) is 13.8 Å². The van der Waals surface area contributed by atoms with Crippen molar-refractivity contribution < 1.29 is 19.8 Å². The zero-order valence-corrected chi connectivity index (χ0v) is 11.9. The highest BCUT2D eigenvalue weighted by Crippen LogP contribution is 2.13. The molecule has 0 aliphatic rings. The van der Waals surface area contributed by atoms with Crippen molar-refractivity contribution >= 4 is 11.9 Å². The molecule has 0 rings (SSSR count). The van der Waals surface area contributed by atoms with Crippen molar-refractivity contribution in [2.45, 2.75) is 72.1 Å². The van der Waals surface area contributed by atoms with Crippen LogP contribution in [0.3, 0.4) is 0 Å². The second-order valence-corrected chi connectivity index (χ2v) is 4.44. The third kappa shape index (κ3) is 14.9. The van der Waals surface area contributed by atoms with E-state index in [4.69, 9.17) is 10.2 Å². The quantitative estimate of drug-likeness (QED) is 0.616. The molecule has 0 heterocycles. The van der Waals surface area contributed by atoms with Crippen molar-refractivity contribution in [3.8, 4) is 0 Å². The molecule has 4 heteroatoms. The van der Waals surface area contributed by atoms with E-state index in [2.05, 4.69) is 6.92 Å². The SMILES string of the molecule is CCCC(=O)O.CCCCCCC(CC)C(=O)O. The Hall–Kier alpha value is -1.06. The summed E-state index contributed by atoms with van der Waals surface area (Å²) in [6, 6.07) is 0. The van der Waals surface area contributed by atoms with E-state index in [0.29, 0.717) is 6.42 Å². The molecule has 0 bridgehead atoms. The molecule has 0 aliphatic heterocycles. The van der Waals surface area contributed by atoms with Gasteiger partial charge in [0.2, 0.25) is 0 Å². The Morgan fingerprint density at radius 2 is 1.56 bits per heavy atom. The summed E-state index contributed by atoms with van der Waals surface area (Å²) in [7, 11) is 0. The van der Waals surface area contributed by atoms with Gasteiger partial charge in [-0.15, -0.1) is 0 Å². The van der Waals surface area contributed by atoms with Crippen LogP contribution in [0.1, 0.15) is 72.1 Å². The Morgan fingerprint density at radius 1 is 0.944 bits per heavy atom. The molecule has 0 saturated heterocycles. The first-order valence-electron chi connectivity index (χ1n) is 6.94. The summed E-state index contributed by atoms with van der Waals surface area (Å²) in [5, 5.41) is 16.6. The van der Waals surface area contributed by atoms with Crippen LogP contribution in [0.25, 0.3) is 0 Å². The number of carboxylic acids is 2. The fraction of sp³-hybridized carbons (Fsp3) is 0.857. The van der Waals surface area contributed by atoms with E-state index in [-0.39, 0.29) is 5.92 Å². The Kier molecular flexibility index (Phi) is 15.0. The lowest BCUT2D eigenvalue weighted by Gasteiger charge is -2.08. The molecule has 0 fully saturated rings. The van der Waals surface area contributed by atoms with Crippen molar-refractivity contribution in [2.24, 2.45) is 5.92 Å². The first kappa shape index (κ1) is 19.3. The molecule has 2 N–H and O–H groups in total. The molecule has 1 atom stereocenters. The minimum absolute atomic E-state index is 0.109. The summed E-state index contributed by atoms with van der Waals surface area (Å²) >= 11 is 0. The Labute approximate surface area is 110 Å². The van der Waals surface area contributed by atoms with Crippen molar-refractivity contribution in [2.75, 3.05) is 0 Å². The van der Waals surface area contributed by atoms with Crippen LogP contribution < -0.4 is 0 Å². The van der Waals surface area contributed by atoms with E-state index in [1.54, 1.807) is 0 Å². The molecule has 0 aliphatic carbocycles. The number of rotatable bonds is 9. The lowest BCUT2D eigenvalue weighted by atomic mass is 9.99. The molecule has 4 nitrogen and oxygen atoms in total. The Bertz CT molecular complexity index is 214. The van der Waals surface area contributed by atoms with Gasteiger partial charge in [0.05, 0.1) is 5.92 Å². The summed E-state index contributed by atoms with van der Waals surface area (Å²) in [6.07, 6.45) is 7.33. The average Bonchev–Trinajstić information content (AvgIpc) is 2.29. The van der Waals surface area contributed by atoms with Crippen LogP contribution in [0.2, 0.25) is 0 Å². The van der Waals surface area contributed by atoms with Gasteiger partial charge in [-0.1, -0.05) is 46.5 Å². The molecule has 0 amide bonds. The van der Waals surface area contributed by atoms with Crippen LogP contribution >= 0.6 is 0 Å². The molecule has 0 saturated carbocycles. The van der Waals surface area contributed by atoms with Crippen molar-refractivity contribution in [1.82, 2.24) is 0 Å². The smallest absolute Gasteiger partial charge is 0.306 e. The van der Waals surface area contributed by atoms with Crippen LogP contribution in [0, 0.1) is 5.92 Å². The second-order valence-electron chi connectivity index (χ2n) is 4.44. The minimum Gasteiger partial charge on any atom is -0.481 e. The van der Waals surface area contributed by atoms with Crippen LogP contribution in [0.5, 0.6) is 0 Å². The fourth-order valence-electron chi connectivity index (χ4n) is 1.53. The van der Waals surface area contributed by atoms with Crippen LogP contribution in [0.4, 0.5) is 0 Å². The maximum atomic E-state index is 10.6. The first-order valence-corrected chi connectivity index (χ1v) is 6.94. The van der Waals surface area contributed by atoms with Gasteiger partial charge >= 0.3 is 11.9 Å². The molecule has 0 spiro atoms. The highest BCUT2D eigenvalue weighted by Gasteiger charge is 2.13. The monoisotopic (exact) mass is 260 g/mol. The standard InChI is InChI=1S/C10H20O2.C4H8O2/c1-3-5-6-7-8-9(4-2)10(11)12;1-2-3-4(5)6/h9H,3-8H2,1-2H3,(H,11,12);2-3H2,1H3,(H,5,6). The van der Waals surface area contributed by atoms with Gasteiger partial charge in [0, 0.05) is 6.42 Å². The predicted octanol–water partition coefficient (Wildman–Crippen LogP) is 3.94. The largest absolute Gasteiger partial charge is 0.481 e. The van der Waals surface area contributed by atoms with Gasteiger partial charge in [-0.05, 0) is 19.3 Å². The van der Waals surface area contributed by atoms with Crippen LogP contribution in [0.15, 0.2) is 0 Å². The van der Waals surface area contributed by atoms with Crippen LogP contribution in [-0.2, 0) is 9.59 Å². The molecular formula is C14H28O4. The molecule has 0 aromatic heterocycles. The van der Waals surface area contributed by atoms with Gasteiger partial charge in [-0.3, -0.25) is 9.59 Å². The van der Waals surface area contributed by atoms with E-state index in [1.165, 1.54) is 19.3 Å². The zero-order valence-electron chi connectivity index (χ0n) is 11.9. The Balaban J connectivity index is 0. The van der Waals surface area contributed by atoms with Gasteiger partial charge < -0.3 is 10.2 Å². The molecule has 1 unspecified atom stereocenters. The molecule has 108 valence electrons. The number of carbonyl (C=O) groups is 2. The van der Waals surface area contributed by atoms with Crippen molar-refractivity contribution in [3.63, 3.8) is 0 Å². The van der Waals surface area contributed by atoms with Crippen molar-refractivity contribution in [1.29, 1.82) is 0 Å². The highest BCUT2D eigenvalue weighted by atomic mass is 16.4. The van der Waals surface area contributed by atoms with Gasteiger partial charge in [0.15, 0.2) is 0 Å². The summed E-state index contributed by atoms with van der Waals surface area (Å²) in [4.78, 5) is 20.2. The second kappa shape index (κ2) is 14.0. The maximum absolute atomic E-state index is 10.6. The van der Waals surface area contributed by atoms with Gasteiger partial charge in [-0.25, -0.2) is 0 Å². The highest BCUT2D eigenvalue weighted by molar-refractivity contribution is 5.69. The van der Waals surface area contributed by atoms with Gasteiger partial charge in [0.1, 0.15) is 0 Å². The summed E-state index contributed by atoms with van der Waals surface area (Å²) < 4.78 is 0. The molecule has 18 heavy (non-hydrogen) atoms. The van der Waals surface area contributed by atoms with Gasteiger partial charge in [-0.2, -0.15) is 0 Å². The topological polar surface area (TPSA) is 74.6 Å². The number of unbranched alkanes of at least 4 members (excludes halogenated alkanes) is 3. The number of hydrogen-bond acceptors (Lipinski definition) is 2. The summed E-state index contributed by atoms with van der Waals surface area (Å²) in [5.74, 6) is -1.45. The maximum Gasteiger partial charge on any atom is 0.306 e. The summed E-state index contributed by atoms with van der Waals surface area (Å²) in [5.41, 5.74) is 0. The average molecular weight is 260 g/mol. The third-order valence-electron chi connectivity index (χ3n) is 2.71. The number of hydrogen-bond donors (Lipinski definition) is 2. The van der Waals surface area contributed by atoms with Crippen LogP contribution in [-0.4, -0.2) is 22.2 Å². The predicted molar refractivity (Wildman–Crippen MR) is 72.7 cm³/mol. The third-order valence-corrected chi connectivity index (χ3v) is 2.71. The zero-order chi connectivity index (χ0) is 14.4. The molecule has 0 aromatic carbocycles.